The maximum Gasteiger partial charge on any atom is 0.0480 e. The van der Waals surface area contributed by atoms with Crippen LogP contribution in [0, 0.1) is 0 Å². The molecule has 0 amide bonds. The summed E-state index contributed by atoms with van der Waals surface area (Å²) in [5, 5.41) is 0. The smallest absolute Gasteiger partial charge is 0.0480 e. The van der Waals surface area contributed by atoms with Crippen LogP contribution < -0.4 is 0 Å². The Morgan fingerprint density at radius 1 is 0.882 bits per heavy atom. The van der Waals surface area contributed by atoms with E-state index < -0.39 is 0 Å². The first-order valence-electron chi connectivity index (χ1n) is 4.43. The van der Waals surface area contributed by atoms with Crippen molar-refractivity contribution in [3.05, 3.63) is 55.8 Å². The van der Waals surface area contributed by atoms with Crippen LogP contribution in [0.1, 0.15) is 9.75 Å². The molecule has 0 saturated heterocycles. The normalized spacial score (nSPS) is 10.0. The lowest BCUT2D eigenvalue weighted by Gasteiger charge is -2.01. The molecule has 0 aliphatic rings. The largest absolute Gasteiger partial charge is 0.134 e. The molecule has 90 valence electrons. The molecule has 0 nitrogen and oxygen atoms in total. The van der Waals surface area contributed by atoms with E-state index in [9.17, 15) is 0 Å². The van der Waals surface area contributed by atoms with Gasteiger partial charge in [-0.3, -0.25) is 0 Å². The summed E-state index contributed by atoms with van der Waals surface area (Å²) in [6, 6.07) is 4.10. The third-order valence-electron chi connectivity index (χ3n) is 1.62. The van der Waals surface area contributed by atoms with E-state index in [2.05, 4.69) is 58.2 Å². The number of thiophene rings is 1. The zero-order chi connectivity index (χ0) is 13.0. The van der Waals surface area contributed by atoms with Gasteiger partial charge in [-0.1, -0.05) is 49.8 Å². The minimum Gasteiger partial charge on any atom is -0.134 e. The van der Waals surface area contributed by atoms with Gasteiger partial charge in [-0.15, -0.1) is 11.3 Å². The highest BCUT2D eigenvalue weighted by Crippen LogP contribution is 2.42. The van der Waals surface area contributed by atoms with E-state index in [0.717, 1.165) is 27.2 Å². The zero-order valence-corrected chi connectivity index (χ0v) is 14.6. The second kappa shape index (κ2) is 7.04. The Hall–Kier alpha value is 0.320. The molecule has 0 unspecified atom stereocenters. The van der Waals surface area contributed by atoms with Gasteiger partial charge in [-0.2, -0.15) is 0 Å². The van der Waals surface area contributed by atoms with Gasteiger partial charge in [0.25, 0.3) is 0 Å². The van der Waals surface area contributed by atoms with Crippen LogP contribution in [0.25, 0.3) is 9.81 Å². The number of halogens is 2. The Bertz CT molecular complexity index is 443. The van der Waals surface area contributed by atoms with Crippen molar-refractivity contribution in [3.63, 3.8) is 0 Å². The van der Waals surface area contributed by atoms with Crippen molar-refractivity contribution in [2.45, 2.75) is 0 Å². The van der Waals surface area contributed by atoms with E-state index in [0.29, 0.717) is 0 Å². The number of rotatable bonds is 6. The predicted octanol–water partition coefficient (Wildman–Crippen LogP) is 6.89. The lowest BCUT2D eigenvalue weighted by Crippen LogP contribution is -1.69. The molecule has 1 aromatic rings. The maximum atomic E-state index is 4.02. The Balaban J connectivity index is 2.77. The summed E-state index contributed by atoms with van der Waals surface area (Å²) in [7, 11) is 0. The molecule has 1 heterocycles. The first kappa shape index (κ1) is 15.4. The Morgan fingerprint density at radius 2 is 1.24 bits per heavy atom. The molecular weight excluding hydrogens is 400 g/mol. The van der Waals surface area contributed by atoms with Crippen molar-refractivity contribution >= 4 is 76.5 Å². The highest BCUT2D eigenvalue weighted by Gasteiger charge is 2.08. The highest BCUT2D eigenvalue weighted by atomic mass is 79.9. The molecule has 0 bridgehead atoms. The molecule has 17 heavy (non-hydrogen) atoms. The van der Waals surface area contributed by atoms with Gasteiger partial charge in [-0.05, 0) is 44.0 Å². The predicted molar refractivity (Wildman–Crippen MR) is 93.7 cm³/mol. The fraction of sp³-hybridized carbons (Fsp3) is 0. The molecule has 0 atom stereocenters. The van der Waals surface area contributed by atoms with Gasteiger partial charge in [0.15, 0.2) is 0 Å². The van der Waals surface area contributed by atoms with E-state index >= 15 is 0 Å². The number of hydrogen-bond donors (Lipinski definition) is 0. The Morgan fingerprint density at radius 3 is 1.53 bits per heavy atom. The van der Waals surface area contributed by atoms with Crippen molar-refractivity contribution in [3.8, 4) is 0 Å². The topological polar surface area (TPSA) is 0 Å². The monoisotopic (exact) mass is 408 g/mol. The third kappa shape index (κ3) is 5.22. The lowest BCUT2D eigenvalue weighted by atomic mass is 10.4. The van der Waals surface area contributed by atoms with Crippen LogP contribution >= 0.6 is 66.7 Å². The number of hydrogen-bond acceptors (Lipinski definition) is 3. The summed E-state index contributed by atoms with van der Waals surface area (Å²) in [6.07, 6.45) is 0. The molecule has 0 N–H and O–H groups in total. The van der Waals surface area contributed by atoms with E-state index in [1.807, 2.05) is 12.1 Å². The average molecular weight is 410 g/mol. The molecule has 1 rings (SSSR count). The molecule has 1 aromatic heterocycles. The van der Waals surface area contributed by atoms with Crippen molar-refractivity contribution in [2.75, 3.05) is 0 Å². The molecule has 5 heteroatoms. The molecule has 0 radical (unpaired) electrons. The molecule has 0 saturated carbocycles. The van der Waals surface area contributed by atoms with Gasteiger partial charge < -0.3 is 0 Å². The van der Waals surface area contributed by atoms with Crippen molar-refractivity contribution < 1.29 is 0 Å². The molecule has 0 spiro atoms. The average Bonchev–Trinajstić information content (AvgIpc) is 2.63. The van der Waals surface area contributed by atoms with Gasteiger partial charge >= 0.3 is 0 Å². The second-order valence-electron chi connectivity index (χ2n) is 2.92. The van der Waals surface area contributed by atoms with Gasteiger partial charge in [0.05, 0.1) is 0 Å². The van der Waals surface area contributed by atoms with Gasteiger partial charge in [-0.25, -0.2) is 0 Å². The van der Waals surface area contributed by atoms with E-state index in [4.69, 9.17) is 0 Å². The van der Waals surface area contributed by atoms with Crippen LogP contribution in [-0.4, -0.2) is 0 Å². The SMILES string of the molecule is C=C(Br)SC(=C)c1ccc(C(=C)SC(=C)Br)s1. The van der Waals surface area contributed by atoms with E-state index in [-0.39, 0.29) is 0 Å². The van der Waals surface area contributed by atoms with Crippen LogP contribution in [-0.2, 0) is 0 Å². The summed E-state index contributed by atoms with van der Waals surface area (Å²) in [6.45, 7) is 15.6. The standard InChI is InChI=1S/C12H10Br2S3/c1-7(15-9(3)13)11-5-6-12(17-11)8(2)16-10(4)14/h5-6H,1-4H2. The van der Waals surface area contributed by atoms with Crippen LogP contribution in [0.2, 0.25) is 0 Å². The molecule has 0 aromatic carbocycles. The zero-order valence-electron chi connectivity index (χ0n) is 8.96. The Kier molecular flexibility index (Phi) is 6.37. The second-order valence-corrected chi connectivity index (χ2v) is 9.35. The molecule has 0 aliphatic carbocycles. The number of thioether (sulfide) groups is 2. The van der Waals surface area contributed by atoms with Crippen molar-refractivity contribution in [1.29, 1.82) is 0 Å². The minimum atomic E-state index is 0.861. The fourth-order valence-electron chi connectivity index (χ4n) is 1.01. The minimum absolute atomic E-state index is 0.861. The van der Waals surface area contributed by atoms with Crippen LogP contribution in [0.3, 0.4) is 0 Å². The molecule has 0 aliphatic heterocycles. The molecule has 0 fully saturated rings. The van der Waals surface area contributed by atoms with Gasteiger partial charge in [0.1, 0.15) is 0 Å². The van der Waals surface area contributed by atoms with E-state index in [1.54, 1.807) is 11.3 Å². The van der Waals surface area contributed by atoms with Crippen LogP contribution in [0.15, 0.2) is 46.1 Å². The Labute approximate surface area is 131 Å². The summed E-state index contributed by atoms with van der Waals surface area (Å²) < 4.78 is 1.72. The summed E-state index contributed by atoms with van der Waals surface area (Å²) in [5.74, 6) is 0. The lowest BCUT2D eigenvalue weighted by molar-refractivity contribution is 1.91. The molecular formula is C12H10Br2S3. The summed E-state index contributed by atoms with van der Waals surface area (Å²) >= 11 is 11.3. The third-order valence-corrected chi connectivity index (χ3v) is 5.43. The van der Waals surface area contributed by atoms with Gasteiger partial charge in [0.2, 0.25) is 0 Å². The first-order valence-corrected chi connectivity index (χ1v) is 8.46. The van der Waals surface area contributed by atoms with E-state index in [1.165, 1.54) is 23.5 Å². The van der Waals surface area contributed by atoms with Crippen molar-refractivity contribution in [1.82, 2.24) is 0 Å². The first-order chi connectivity index (χ1) is 7.90. The van der Waals surface area contributed by atoms with Crippen LogP contribution in [0.5, 0.6) is 0 Å². The fourth-order valence-corrected chi connectivity index (χ4v) is 4.29. The quantitative estimate of drug-likeness (QED) is 0.501. The van der Waals surface area contributed by atoms with Crippen molar-refractivity contribution in [2.24, 2.45) is 0 Å². The highest BCUT2D eigenvalue weighted by molar-refractivity contribution is 9.14. The van der Waals surface area contributed by atoms with Gasteiger partial charge in [0, 0.05) is 27.2 Å². The summed E-state index contributed by atoms with van der Waals surface area (Å²) in [5.41, 5.74) is 0. The van der Waals surface area contributed by atoms with Crippen LogP contribution in [0.4, 0.5) is 0 Å². The maximum absolute atomic E-state index is 4.02. The summed E-state index contributed by atoms with van der Waals surface area (Å²) in [4.78, 5) is 4.23.